The molecule has 0 bridgehead atoms. The van der Waals surface area contributed by atoms with E-state index in [1.807, 2.05) is 30.8 Å². The average Bonchev–Trinajstić information content (AvgIpc) is 2.76. The summed E-state index contributed by atoms with van der Waals surface area (Å²) >= 11 is 1.93. The molecule has 1 N–H and O–H groups in total. The van der Waals surface area contributed by atoms with Crippen LogP contribution in [0.5, 0.6) is 0 Å². The molecular formula is C14H20FNS. The Morgan fingerprint density at radius 3 is 2.82 bits per heavy atom. The van der Waals surface area contributed by atoms with Gasteiger partial charge >= 0.3 is 0 Å². The highest BCUT2D eigenvalue weighted by atomic mass is 32.2. The van der Waals surface area contributed by atoms with Gasteiger partial charge in [0.15, 0.2) is 0 Å². The topological polar surface area (TPSA) is 12.0 Å². The molecule has 0 radical (unpaired) electrons. The molecule has 0 saturated heterocycles. The maximum absolute atomic E-state index is 13.6. The van der Waals surface area contributed by atoms with Gasteiger partial charge in [-0.25, -0.2) is 4.39 Å². The van der Waals surface area contributed by atoms with Crippen molar-refractivity contribution in [3.63, 3.8) is 0 Å². The Morgan fingerprint density at radius 1 is 1.35 bits per heavy atom. The van der Waals surface area contributed by atoms with Gasteiger partial charge in [0.05, 0.1) is 0 Å². The van der Waals surface area contributed by atoms with E-state index in [2.05, 4.69) is 11.6 Å². The van der Waals surface area contributed by atoms with Crippen molar-refractivity contribution in [1.29, 1.82) is 0 Å². The minimum Gasteiger partial charge on any atom is -0.306 e. The van der Waals surface area contributed by atoms with Crippen LogP contribution < -0.4 is 5.32 Å². The van der Waals surface area contributed by atoms with Crippen molar-refractivity contribution < 1.29 is 4.39 Å². The van der Waals surface area contributed by atoms with Gasteiger partial charge in [0.25, 0.3) is 0 Å². The molecule has 1 aliphatic carbocycles. The molecule has 0 aliphatic heterocycles. The van der Waals surface area contributed by atoms with E-state index in [9.17, 15) is 4.39 Å². The molecule has 17 heavy (non-hydrogen) atoms. The van der Waals surface area contributed by atoms with Gasteiger partial charge < -0.3 is 5.32 Å². The van der Waals surface area contributed by atoms with Gasteiger partial charge in [-0.15, -0.1) is 0 Å². The summed E-state index contributed by atoms with van der Waals surface area (Å²) in [7, 11) is 0. The normalized spacial score (nSPS) is 26.1. The zero-order valence-electron chi connectivity index (χ0n) is 10.4. The fourth-order valence-corrected chi connectivity index (χ4v) is 3.58. The Labute approximate surface area is 107 Å². The maximum Gasteiger partial charge on any atom is 0.127 e. The molecule has 0 heterocycles. The van der Waals surface area contributed by atoms with E-state index in [-0.39, 0.29) is 11.9 Å². The lowest BCUT2D eigenvalue weighted by Crippen LogP contribution is -2.36. The molecule has 1 aromatic rings. The van der Waals surface area contributed by atoms with Crippen molar-refractivity contribution in [3.05, 3.63) is 35.6 Å². The maximum atomic E-state index is 13.6. The number of hydrogen-bond acceptors (Lipinski definition) is 2. The molecule has 1 saturated carbocycles. The molecule has 1 aliphatic rings. The highest BCUT2D eigenvalue weighted by Gasteiger charge is 2.27. The molecule has 0 aromatic heterocycles. The number of halogens is 1. The number of hydrogen-bond donors (Lipinski definition) is 1. The second-order valence-corrected chi connectivity index (χ2v) is 5.80. The van der Waals surface area contributed by atoms with Gasteiger partial charge in [0.2, 0.25) is 0 Å². The van der Waals surface area contributed by atoms with E-state index in [0.29, 0.717) is 11.3 Å². The van der Waals surface area contributed by atoms with Crippen LogP contribution in [0.2, 0.25) is 0 Å². The first-order chi connectivity index (χ1) is 8.22. The number of rotatable bonds is 4. The molecule has 3 heteroatoms. The van der Waals surface area contributed by atoms with Crippen molar-refractivity contribution in [2.45, 2.75) is 43.5 Å². The van der Waals surface area contributed by atoms with E-state index in [0.717, 1.165) is 5.56 Å². The van der Waals surface area contributed by atoms with Crippen LogP contribution in [0.3, 0.4) is 0 Å². The predicted molar refractivity (Wildman–Crippen MR) is 72.9 cm³/mol. The largest absolute Gasteiger partial charge is 0.306 e. The van der Waals surface area contributed by atoms with Gasteiger partial charge in [-0.1, -0.05) is 24.6 Å². The van der Waals surface area contributed by atoms with Crippen LogP contribution in [-0.4, -0.2) is 17.5 Å². The summed E-state index contributed by atoms with van der Waals surface area (Å²) in [6.45, 7) is 2.05. The van der Waals surface area contributed by atoms with Crippen LogP contribution >= 0.6 is 11.8 Å². The number of thioether (sulfide) groups is 1. The molecule has 2 rings (SSSR count). The SMILES string of the molecule is CSC1CCCC1NC(C)c1ccccc1F. The smallest absolute Gasteiger partial charge is 0.127 e. The van der Waals surface area contributed by atoms with E-state index < -0.39 is 0 Å². The standard InChI is InChI=1S/C14H20FNS/c1-10(11-6-3-4-7-12(11)15)16-13-8-5-9-14(13)17-2/h3-4,6-7,10,13-14,16H,5,8-9H2,1-2H3. The molecule has 1 fully saturated rings. The summed E-state index contributed by atoms with van der Waals surface area (Å²) < 4.78 is 13.6. The third-order valence-electron chi connectivity index (χ3n) is 3.59. The fraction of sp³-hybridized carbons (Fsp3) is 0.571. The molecule has 1 aromatic carbocycles. The van der Waals surface area contributed by atoms with E-state index in [4.69, 9.17) is 0 Å². The Kier molecular flexibility index (Phi) is 4.46. The Balaban J connectivity index is 2.01. The minimum absolute atomic E-state index is 0.0916. The highest BCUT2D eigenvalue weighted by molar-refractivity contribution is 7.99. The van der Waals surface area contributed by atoms with Crippen molar-refractivity contribution in [1.82, 2.24) is 5.32 Å². The summed E-state index contributed by atoms with van der Waals surface area (Å²) in [5, 5.41) is 4.26. The van der Waals surface area contributed by atoms with Crippen molar-refractivity contribution in [3.8, 4) is 0 Å². The Bertz CT molecular complexity index is 369. The first-order valence-electron chi connectivity index (χ1n) is 6.25. The summed E-state index contributed by atoms with van der Waals surface area (Å²) in [5.74, 6) is -0.105. The second-order valence-electron chi connectivity index (χ2n) is 4.72. The van der Waals surface area contributed by atoms with Crippen molar-refractivity contribution >= 4 is 11.8 Å². The summed E-state index contributed by atoms with van der Waals surface area (Å²) in [6, 6.07) is 7.67. The van der Waals surface area contributed by atoms with Crippen molar-refractivity contribution in [2.75, 3.05) is 6.26 Å². The van der Waals surface area contributed by atoms with E-state index in [1.165, 1.54) is 25.3 Å². The molecule has 94 valence electrons. The van der Waals surface area contributed by atoms with Crippen LogP contribution in [0.25, 0.3) is 0 Å². The Hall–Kier alpha value is -0.540. The summed E-state index contributed by atoms with van der Waals surface area (Å²) in [5.41, 5.74) is 0.777. The molecular weight excluding hydrogens is 233 g/mol. The van der Waals surface area contributed by atoms with Gasteiger partial charge in [-0.3, -0.25) is 0 Å². The van der Waals surface area contributed by atoms with Gasteiger partial charge in [0.1, 0.15) is 5.82 Å². The first-order valence-corrected chi connectivity index (χ1v) is 7.54. The van der Waals surface area contributed by atoms with E-state index in [1.54, 1.807) is 6.07 Å². The van der Waals surface area contributed by atoms with Crippen LogP contribution in [0.15, 0.2) is 24.3 Å². The molecule has 3 atom stereocenters. The van der Waals surface area contributed by atoms with E-state index >= 15 is 0 Å². The fourth-order valence-electron chi connectivity index (χ4n) is 2.64. The van der Waals surface area contributed by atoms with Gasteiger partial charge in [-0.05, 0) is 32.1 Å². The highest BCUT2D eigenvalue weighted by Crippen LogP contribution is 2.30. The Morgan fingerprint density at radius 2 is 2.12 bits per heavy atom. The van der Waals surface area contributed by atoms with Gasteiger partial charge in [-0.2, -0.15) is 11.8 Å². The average molecular weight is 253 g/mol. The quantitative estimate of drug-likeness (QED) is 0.877. The third-order valence-corrected chi connectivity index (χ3v) is 4.76. The molecule has 1 nitrogen and oxygen atoms in total. The zero-order chi connectivity index (χ0) is 12.3. The number of benzene rings is 1. The second kappa shape index (κ2) is 5.87. The van der Waals surface area contributed by atoms with Crippen LogP contribution in [0, 0.1) is 5.82 Å². The predicted octanol–water partition coefficient (Wildman–Crippen LogP) is 3.76. The minimum atomic E-state index is -0.105. The van der Waals surface area contributed by atoms with Crippen LogP contribution in [0.1, 0.15) is 37.8 Å². The molecule has 0 spiro atoms. The zero-order valence-corrected chi connectivity index (χ0v) is 11.3. The lowest BCUT2D eigenvalue weighted by molar-refractivity contribution is 0.452. The summed E-state index contributed by atoms with van der Waals surface area (Å²) in [4.78, 5) is 0. The monoisotopic (exact) mass is 253 g/mol. The van der Waals surface area contributed by atoms with Crippen LogP contribution in [-0.2, 0) is 0 Å². The lowest BCUT2D eigenvalue weighted by atomic mass is 10.1. The molecule has 3 unspecified atom stereocenters. The number of nitrogens with one attached hydrogen (secondary N) is 1. The van der Waals surface area contributed by atoms with Crippen LogP contribution in [0.4, 0.5) is 4.39 Å². The van der Waals surface area contributed by atoms with Crippen molar-refractivity contribution in [2.24, 2.45) is 0 Å². The lowest BCUT2D eigenvalue weighted by Gasteiger charge is -2.24. The summed E-state index contributed by atoms with van der Waals surface area (Å²) in [6.07, 6.45) is 5.94. The third kappa shape index (κ3) is 3.02. The first kappa shape index (κ1) is 12.9. The molecule has 0 amide bonds. The van der Waals surface area contributed by atoms with Gasteiger partial charge in [0, 0.05) is 22.9 Å².